The Hall–Kier alpha value is -2.24. The number of benzene rings is 2. The number of fused-ring (bicyclic) bond motifs is 1. The number of piperazine rings is 1. The van der Waals surface area contributed by atoms with Crippen molar-refractivity contribution in [3.63, 3.8) is 0 Å². The van der Waals surface area contributed by atoms with Crippen molar-refractivity contribution in [3.8, 4) is 5.75 Å². The molecule has 1 N–H and O–H groups in total. The number of aryl methyl sites for hydroxylation is 1. The lowest BCUT2D eigenvalue weighted by Gasteiger charge is -2.36. The molecule has 0 aliphatic carbocycles. The Bertz CT molecular complexity index is 817. The van der Waals surface area contributed by atoms with Crippen molar-refractivity contribution in [2.75, 3.05) is 49.5 Å². The zero-order valence-corrected chi connectivity index (χ0v) is 16.8. The van der Waals surface area contributed by atoms with Crippen molar-refractivity contribution in [1.29, 1.82) is 0 Å². The highest BCUT2D eigenvalue weighted by Gasteiger charge is 2.17. The van der Waals surface area contributed by atoms with Crippen molar-refractivity contribution in [2.45, 2.75) is 19.3 Å². The minimum absolute atomic E-state index is 0.0855. The molecule has 2 aliphatic rings. The topological polar surface area (TPSA) is 44.8 Å². The summed E-state index contributed by atoms with van der Waals surface area (Å²) < 4.78 is 5.90. The highest BCUT2D eigenvalue weighted by Crippen LogP contribution is 2.27. The summed E-state index contributed by atoms with van der Waals surface area (Å²) in [6.07, 6.45) is 2.37. The first-order valence-corrected chi connectivity index (χ1v) is 10.3. The smallest absolute Gasteiger partial charge is 0.224 e. The van der Waals surface area contributed by atoms with Crippen molar-refractivity contribution in [2.24, 2.45) is 0 Å². The van der Waals surface area contributed by atoms with Crippen LogP contribution in [0.1, 0.15) is 18.4 Å². The maximum atomic E-state index is 11.5. The average Bonchev–Trinajstić information content (AvgIpc) is 2.72. The Morgan fingerprint density at radius 1 is 1.00 bits per heavy atom. The average molecular weight is 400 g/mol. The molecule has 0 atom stereocenters. The third-order valence-corrected chi connectivity index (χ3v) is 5.68. The zero-order chi connectivity index (χ0) is 19.3. The molecule has 2 heterocycles. The molecule has 1 amide bonds. The van der Waals surface area contributed by atoms with Gasteiger partial charge in [-0.25, -0.2) is 0 Å². The molecule has 0 radical (unpaired) electrons. The number of halogens is 1. The number of nitrogens with zero attached hydrogens (tertiary/aromatic N) is 2. The van der Waals surface area contributed by atoms with Gasteiger partial charge in [0.15, 0.2) is 0 Å². The van der Waals surface area contributed by atoms with Crippen LogP contribution in [0.5, 0.6) is 5.75 Å². The van der Waals surface area contributed by atoms with Gasteiger partial charge in [-0.3, -0.25) is 9.69 Å². The second-order valence-electron chi connectivity index (χ2n) is 7.37. The van der Waals surface area contributed by atoms with Crippen LogP contribution in [0.4, 0.5) is 11.4 Å². The molecular formula is C22H26ClN3O2. The van der Waals surface area contributed by atoms with Crippen LogP contribution in [0.25, 0.3) is 0 Å². The van der Waals surface area contributed by atoms with Crippen molar-refractivity contribution >= 4 is 28.9 Å². The standard InChI is InChI=1S/C22H26ClN3O2/c23-18-4-6-19(7-5-18)26-13-11-25(12-14-26)10-1-15-28-20-8-2-17-3-9-22(27)24-21(17)16-20/h2,4-8,16H,1,3,9-15H2,(H,24,27). The summed E-state index contributed by atoms with van der Waals surface area (Å²) in [6, 6.07) is 14.1. The van der Waals surface area contributed by atoms with Crippen LogP contribution < -0.4 is 15.0 Å². The minimum atomic E-state index is 0.0855. The van der Waals surface area contributed by atoms with Crippen LogP contribution in [-0.4, -0.2) is 50.1 Å². The number of nitrogens with one attached hydrogen (secondary N) is 1. The van der Waals surface area contributed by atoms with Gasteiger partial charge in [0.2, 0.25) is 5.91 Å². The number of rotatable bonds is 6. The lowest BCUT2D eigenvalue weighted by Crippen LogP contribution is -2.46. The van der Waals surface area contributed by atoms with Crippen LogP contribution in [0.15, 0.2) is 42.5 Å². The summed E-state index contributed by atoms with van der Waals surface area (Å²) in [4.78, 5) is 16.4. The molecule has 0 bridgehead atoms. The molecule has 2 aromatic rings. The summed E-state index contributed by atoms with van der Waals surface area (Å²) >= 11 is 5.97. The van der Waals surface area contributed by atoms with Crippen LogP contribution in [0, 0.1) is 0 Å². The normalized spacial score (nSPS) is 17.2. The third-order valence-electron chi connectivity index (χ3n) is 5.43. The Morgan fingerprint density at radius 3 is 2.57 bits per heavy atom. The third kappa shape index (κ3) is 4.78. The van der Waals surface area contributed by atoms with E-state index in [1.165, 1.54) is 11.3 Å². The van der Waals surface area contributed by atoms with E-state index in [1.54, 1.807) is 0 Å². The predicted molar refractivity (Wildman–Crippen MR) is 114 cm³/mol. The zero-order valence-electron chi connectivity index (χ0n) is 16.0. The van der Waals surface area contributed by atoms with Gasteiger partial charge in [-0.15, -0.1) is 0 Å². The summed E-state index contributed by atoms with van der Waals surface area (Å²) in [6.45, 7) is 5.92. The largest absolute Gasteiger partial charge is 0.493 e. The Balaban J connectivity index is 1.18. The van der Waals surface area contributed by atoms with Crippen LogP contribution >= 0.6 is 11.6 Å². The Kier molecular flexibility index (Phi) is 6.03. The van der Waals surface area contributed by atoms with Gasteiger partial charge in [0.1, 0.15) is 5.75 Å². The number of ether oxygens (including phenoxy) is 1. The number of amides is 1. The number of hydrogen-bond acceptors (Lipinski definition) is 4. The van der Waals surface area contributed by atoms with E-state index in [4.69, 9.17) is 16.3 Å². The SMILES string of the molecule is O=C1CCc2ccc(OCCCN3CCN(c4ccc(Cl)cc4)CC3)cc2N1. The Labute approximate surface area is 171 Å². The highest BCUT2D eigenvalue weighted by atomic mass is 35.5. The minimum Gasteiger partial charge on any atom is -0.493 e. The van der Waals surface area contributed by atoms with E-state index < -0.39 is 0 Å². The van der Waals surface area contributed by atoms with Gasteiger partial charge in [0.05, 0.1) is 6.61 Å². The van der Waals surface area contributed by atoms with Gasteiger partial charge in [-0.2, -0.15) is 0 Å². The van der Waals surface area contributed by atoms with Crippen molar-refractivity contribution in [3.05, 3.63) is 53.1 Å². The van der Waals surface area contributed by atoms with Gasteiger partial charge < -0.3 is 15.0 Å². The van der Waals surface area contributed by atoms with E-state index in [0.717, 1.165) is 62.0 Å². The van der Waals surface area contributed by atoms with E-state index >= 15 is 0 Å². The molecule has 0 aromatic heterocycles. The molecule has 5 nitrogen and oxygen atoms in total. The summed E-state index contributed by atoms with van der Waals surface area (Å²) in [5.74, 6) is 0.913. The maximum absolute atomic E-state index is 11.5. The number of anilines is 2. The van der Waals surface area contributed by atoms with Crippen LogP contribution in [0.2, 0.25) is 5.02 Å². The second-order valence-corrected chi connectivity index (χ2v) is 7.81. The molecule has 1 fully saturated rings. The van der Waals surface area contributed by atoms with E-state index in [-0.39, 0.29) is 5.91 Å². The first kappa shape index (κ1) is 19.1. The van der Waals surface area contributed by atoms with E-state index in [1.807, 2.05) is 24.3 Å². The van der Waals surface area contributed by atoms with Crippen LogP contribution in [0.3, 0.4) is 0 Å². The number of hydrogen-bond donors (Lipinski definition) is 1. The first-order chi connectivity index (χ1) is 13.7. The molecule has 1 saturated heterocycles. The Morgan fingerprint density at radius 2 is 1.79 bits per heavy atom. The van der Waals surface area contributed by atoms with Gasteiger partial charge in [0, 0.05) is 61.6 Å². The van der Waals surface area contributed by atoms with Gasteiger partial charge in [-0.1, -0.05) is 17.7 Å². The summed E-state index contributed by atoms with van der Waals surface area (Å²) in [7, 11) is 0. The molecule has 0 spiro atoms. The first-order valence-electron chi connectivity index (χ1n) is 9.96. The molecular weight excluding hydrogens is 374 g/mol. The number of carbonyl (C=O) groups excluding carboxylic acids is 1. The molecule has 2 aromatic carbocycles. The predicted octanol–water partition coefficient (Wildman–Crippen LogP) is 3.82. The number of carbonyl (C=O) groups is 1. The molecule has 4 rings (SSSR count). The lowest BCUT2D eigenvalue weighted by molar-refractivity contribution is -0.116. The van der Waals surface area contributed by atoms with Gasteiger partial charge in [-0.05, 0) is 48.7 Å². The highest BCUT2D eigenvalue weighted by molar-refractivity contribution is 6.30. The molecule has 0 saturated carbocycles. The van der Waals surface area contributed by atoms with Crippen molar-refractivity contribution < 1.29 is 9.53 Å². The van der Waals surface area contributed by atoms with Crippen molar-refractivity contribution in [1.82, 2.24) is 4.90 Å². The molecule has 0 unspecified atom stereocenters. The quantitative estimate of drug-likeness (QED) is 0.750. The fourth-order valence-corrected chi connectivity index (χ4v) is 3.93. The fraction of sp³-hybridized carbons (Fsp3) is 0.409. The molecule has 28 heavy (non-hydrogen) atoms. The van der Waals surface area contributed by atoms with E-state index in [2.05, 4.69) is 33.3 Å². The molecule has 6 heteroatoms. The maximum Gasteiger partial charge on any atom is 0.224 e. The molecule has 148 valence electrons. The fourth-order valence-electron chi connectivity index (χ4n) is 3.80. The second kappa shape index (κ2) is 8.84. The summed E-state index contributed by atoms with van der Waals surface area (Å²) in [5.41, 5.74) is 3.32. The van der Waals surface area contributed by atoms with Gasteiger partial charge in [0.25, 0.3) is 0 Å². The monoisotopic (exact) mass is 399 g/mol. The van der Waals surface area contributed by atoms with Crippen LogP contribution in [-0.2, 0) is 11.2 Å². The van der Waals surface area contributed by atoms with Gasteiger partial charge >= 0.3 is 0 Å². The molecule has 2 aliphatic heterocycles. The summed E-state index contributed by atoms with van der Waals surface area (Å²) in [5, 5.41) is 3.71. The van der Waals surface area contributed by atoms with E-state index in [9.17, 15) is 4.79 Å². The lowest BCUT2D eigenvalue weighted by atomic mass is 10.0. The van der Waals surface area contributed by atoms with E-state index in [0.29, 0.717) is 13.0 Å².